The Morgan fingerprint density at radius 2 is 2.38 bits per heavy atom. The van der Waals surface area contributed by atoms with Crippen LogP contribution in [0.4, 0.5) is 0 Å². The van der Waals surface area contributed by atoms with E-state index in [0.717, 1.165) is 12.5 Å². The molecule has 0 aliphatic carbocycles. The number of hydrogen-bond donors (Lipinski definition) is 2. The molecule has 2 heteroatoms. The van der Waals surface area contributed by atoms with E-state index in [0.29, 0.717) is 5.37 Å². The summed E-state index contributed by atoms with van der Waals surface area (Å²) >= 11 is 4.35. The highest BCUT2D eigenvalue weighted by molar-refractivity contribution is 7.80. The van der Waals surface area contributed by atoms with Crippen LogP contribution < -0.4 is 5.32 Å². The average Bonchev–Trinajstić information content (AvgIpc) is 1.77. The summed E-state index contributed by atoms with van der Waals surface area (Å²) in [6.07, 6.45) is 2.65. The van der Waals surface area contributed by atoms with Crippen molar-refractivity contribution in [1.82, 2.24) is 5.32 Å². The number of rotatable bonds is 0. The van der Waals surface area contributed by atoms with Crippen LogP contribution in [0.3, 0.4) is 0 Å². The Hall–Kier alpha value is 0.310. The molecule has 2 unspecified atom stereocenters. The fourth-order valence-electron chi connectivity index (χ4n) is 1.03. The van der Waals surface area contributed by atoms with Crippen LogP contribution >= 0.6 is 12.6 Å². The molecule has 0 saturated carbocycles. The van der Waals surface area contributed by atoms with Crippen LogP contribution in [0.5, 0.6) is 0 Å². The van der Waals surface area contributed by atoms with Gasteiger partial charge in [0.1, 0.15) is 0 Å². The Bertz CT molecular complexity index is 64.9. The van der Waals surface area contributed by atoms with E-state index in [1.807, 2.05) is 0 Å². The topological polar surface area (TPSA) is 12.0 Å². The summed E-state index contributed by atoms with van der Waals surface area (Å²) in [5.41, 5.74) is 0. The first-order chi connectivity index (χ1) is 3.80. The van der Waals surface area contributed by atoms with Crippen molar-refractivity contribution >= 4 is 12.6 Å². The van der Waals surface area contributed by atoms with Gasteiger partial charge in [0.25, 0.3) is 0 Å². The van der Waals surface area contributed by atoms with Gasteiger partial charge in [-0.1, -0.05) is 6.92 Å². The molecule has 1 heterocycles. The zero-order chi connectivity index (χ0) is 5.98. The summed E-state index contributed by atoms with van der Waals surface area (Å²) in [6, 6.07) is 0. The lowest BCUT2D eigenvalue weighted by Gasteiger charge is -2.25. The maximum Gasteiger partial charge on any atom is 0.0528 e. The Kier molecular flexibility index (Phi) is 2.20. The lowest BCUT2D eigenvalue weighted by Crippen LogP contribution is -2.35. The molecule has 1 aliphatic heterocycles. The van der Waals surface area contributed by atoms with E-state index in [4.69, 9.17) is 0 Å². The molecule has 1 fully saturated rings. The molecule has 0 bridgehead atoms. The Morgan fingerprint density at radius 1 is 1.62 bits per heavy atom. The number of hydrogen-bond acceptors (Lipinski definition) is 2. The second kappa shape index (κ2) is 2.74. The third-order valence-electron chi connectivity index (χ3n) is 1.73. The van der Waals surface area contributed by atoms with Gasteiger partial charge >= 0.3 is 0 Å². The van der Waals surface area contributed by atoms with Crippen LogP contribution in [0.2, 0.25) is 0 Å². The molecule has 0 radical (unpaired) electrons. The molecule has 0 amide bonds. The molecule has 48 valence electrons. The summed E-state index contributed by atoms with van der Waals surface area (Å²) < 4.78 is 0. The van der Waals surface area contributed by atoms with E-state index >= 15 is 0 Å². The van der Waals surface area contributed by atoms with Crippen LogP contribution in [0.15, 0.2) is 0 Å². The third-order valence-corrected chi connectivity index (χ3v) is 2.42. The maximum absolute atomic E-state index is 4.35. The van der Waals surface area contributed by atoms with Gasteiger partial charge in [0.15, 0.2) is 0 Å². The van der Waals surface area contributed by atoms with Crippen molar-refractivity contribution < 1.29 is 0 Å². The van der Waals surface area contributed by atoms with Gasteiger partial charge in [-0.15, -0.1) is 0 Å². The first-order valence-corrected chi connectivity index (χ1v) is 3.74. The van der Waals surface area contributed by atoms with Gasteiger partial charge in [-0.25, -0.2) is 0 Å². The molecule has 1 rings (SSSR count). The molecule has 1 aliphatic rings. The fourth-order valence-corrected chi connectivity index (χ4v) is 1.31. The minimum Gasteiger partial charge on any atom is -0.305 e. The van der Waals surface area contributed by atoms with Crippen LogP contribution in [0, 0.1) is 5.92 Å². The van der Waals surface area contributed by atoms with Gasteiger partial charge in [-0.05, 0) is 25.3 Å². The maximum atomic E-state index is 4.35. The summed E-state index contributed by atoms with van der Waals surface area (Å²) in [5.74, 6) is 0.757. The van der Waals surface area contributed by atoms with Crippen molar-refractivity contribution in [2.75, 3.05) is 6.54 Å². The molecule has 8 heavy (non-hydrogen) atoms. The van der Waals surface area contributed by atoms with Crippen molar-refractivity contribution in [3.63, 3.8) is 0 Å². The van der Waals surface area contributed by atoms with E-state index in [1.165, 1.54) is 12.8 Å². The smallest absolute Gasteiger partial charge is 0.0528 e. The van der Waals surface area contributed by atoms with Crippen LogP contribution in [0.1, 0.15) is 19.8 Å². The molecular weight excluding hydrogens is 118 g/mol. The predicted molar refractivity (Wildman–Crippen MR) is 39.2 cm³/mol. The average molecular weight is 131 g/mol. The molecule has 1 saturated heterocycles. The first kappa shape index (κ1) is 6.43. The van der Waals surface area contributed by atoms with Gasteiger partial charge in [0.05, 0.1) is 5.37 Å². The van der Waals surface area contributed by atoms with Crippen LogP contribution in [-0.2, 0) is 0 Å². The summed E-state index contributed by atoms with van der Waals surface area (Å²) in [7, 11) is 0. The zero-order valence-corrected chi connectivity index (χ0v) is 6.12. The van der Waals surface area contributed by atoms with E-state index in [9.17, 15) is 0 Å². The van der Waals surface area contributed by atoms with Crippen molar-refractivity contribution in [2.45, 2.75) is 25.1 Å². The molecule has 0 aromatic heterocycles. The van der Waals surface area contributed by atoms with Gasteiger partial charge in [-0.2, -0.15) is 12.6 Å². The number of piperidine rings is 1. The molecule has 0 aromatic rings. The van der Waals surface area contributed by atoms with E-state index in [2.05, 4.69) is 24.9 Å². The Morgan fingerprint density at radius 3 is 2.75 bits per heavy atom. The third kappa shape index (κ3) is 1.39. The lowest BCUT2D eigenvalue weighted by atomic mass is 10.0. The molecule has 1 nitrogen and oxygen atoms in total. The van der Waals surface area contributed by atoms with Crippen LogP contribution in [0.25, 0.3) is 0 Å². The summed E-state index contributed by atoms with van der Waals surface area (Å²) in [5, 5.41) is 3.74. The highest BCUT2D eigenvalue weighted by Gasteiger charge is 2.15. The standard InChI is InChI=1S/C6H13NS/c1-5-3-2-4-7-6(5)8/h5-8H,2-4H2,1H3. The highest BCUT2D eigenvalue weighted by Crippen LogP contribution is 2.16. The molecular formula is C6H13NS. The van der Waals surface area contributed by atoms with E-state index in [-0.39, 0.29) is 0 Å². The molecule has 2 atom stereocenters. The number of thiol groups is 1. The van der Waals surface area contributed by atoms with Gasteiger partial charge < -0.3 is 5.32 Å². The lowest BCUT2D eigenvalue weighted by molar-refractivity contribution is 0.379. The second-order valence-corrected chi connectivity index (χ2v) is 3.07. The van der Waals surface area contributed by atoms with Gasteiger partial charge in [0.2, 0.25) is 0 Å². The number of nitrogens with one attached hydrogen (secondary N) is 1. The van der Waals surface area contributed by atoms with Crippen LogP contribution in [-0.4, -0.2) is 11.9 Å². The van der Waals surface area contributed by atoms with Crippen molar-refractivity contribution in [3.8, 4) is 0 Å². The first-order valence-electron chi connectivity index (χ1n) is 3.22. The SMILES string of the molecule is CC1CCCNC1S. The minimum absolute atomic E-state index is 0.448. The van der Waals surface area contributed by atoms with E-state index < -0.39 is 0 Å². The minimum atomic E-state index is 0.448. The molecule has 0 spiro atoms. The summed E-state index contributed by atoms with van der Waals surface area (Å²) in [4.78, 5) is 0. The monoisotopic (exact) mass is 131 g/mol. The second-order valence-electron chi connectivity index (χ2n) is 2.52. The predicted octanol–water partition coefficient (Wildman–Crippen LogP) is 1.26. The largest absolute Gasteiger partial charge is 0.305 e. The van der Waals surface area contributed by atoms with Gasteiger partial charge in [0, 0.05) is 0 Å². The van der Waals surface area contributed by atoms with Crippen molar-refractivity contribution in [2.24, 2.45) is 5.92 Å². The fraction of sp³-hybridized carbons (Fsp3) is 1.00. The van der Waals surface area contributed by atoms with E-state index in [1.54, 1.807) is 0 Å². The quantitative estimate of drug-likeness (QED) is 0.472. The zero-order valence-electron chi connectivity index (χ0n) is 5.22. The highest BCUT2D eigenvalue weighted by atomic mass is 32.1. The molecule has 1 N–H and O–H groups in total. The van der Waals surface area contributed by atoms with Crippen molar-refractivity contribution in [3.05, 3.63) is 0 Å². The van der Waals surface area contributed by atoms with Gasteiger partial charge in [-0.3, -0.25) is 0 Å². The Labute approximate surface area is 56.3 Å². The normalized spacial score (nSPS) is 39.8. The Balaban J connectivity index is 2.28. The molecule has 0 aromatic carbocycles. The van der Waals surface area contributed by atoms with Crippen molar-refractivity contribution in [1.29, 1.82) is 0 Å². The summed E-state index contributed by atoms with van der Waals surface area (Å²) in [6.45, 7) is 3.39.